The van der Waals surface area contributed by atoms with Crippen molar-refractivity contribution in [2.24, 2.45) is 17.3 Å². The normalized spacial score (nSPS) is 41.1. The van der Waals surface area contributed by atoms with Crippen LogP contribution in [-0.4, -0.2) is 12.8 Å². The number of methoxy groups -OCH3 is 1. The molecule has 1 aromatic carbocycles. The Labute approximate surface area is 131 Å². The van der Waals surface area contributed by atoms with Crippen LogP contribution in [0.5, 0.6) is 5.75 Å². The van der Waals surface area contributed by atoms with Crippen molar-refractivity contribution in [3.05, 3.63) is 29.3 Å². The molecule has 0 aliphatic heterocycles. The van der Waals surface area contributed by atoms with Crippen LogP contribution >= 0.6 is 9.24 Å². The van der Waals surface area contributed by atoms with E-state index in [0.29, 0.717) is 5.41 Å². The molecule has 0 saturated heterocycles. The van der Waals surface area contributed by atoms with Crippen molar-refractivity contribution in [1.29, 1.82) is 0 Å². The first-order valence-electron chi connectivity index (χ1n) is 8.56. The van der Waals surface area contributed by atoms with Gasteiger partial charge in [0.1, 0.15) is 5.75 Å². The lowest BCUT2D eigenvalue weighted by Gasteiger charge is -2.50. The summed E-state index contributed by atoms with van der Waals surface area (Å²) in [5.74, 6) is 3.68. The van der Waals surface area contributed by atoms with Crippen LogP contribution in [0, 0.1) is 17.3 Å². The Balaban J connectivity index is 1.71. The van der Waals surface area contributed by atoms with Gasteiger partial charge in [0, 0.05) is 0 Å². The van der Waals surface area contributed by atoms with E-state index in [9.17, 15) is 0 Å². The smallest absolute Gasteiger partial charge is 0.119 e. The van der Waals surface area contributed by atoms with Gasteiger partial charge in [-0.25, -0.2) is 0 Å². The van der Waals surface area contributed by atoms with Gasteiger partial charge in [-0.2, -0.15) is 0 Å². The predicted molar refractivity (Wildman–Crippen MR) is 91.1 cm³/mol. The summed E-state index contributed by atoms with van der Waals surface area (Å²) < 4.78 is 5.48. The fourth-order valence-electron chi connectivity index (χ4n) is 5.71. The highest BCUT2D eigenvalue weighted by Crippen LogP contribution is 2.62. The summed E-state index contributed by atoms with van der Waals surface area (Å²) in [6, 6.07) is 6.79. The molecule has 6 atom stereocenters. The molecule has 0 spiro atoms. The number of hydrogen-bond acceptors (Lipinski definition) is 1. The van der Waals surface area contributed by atoms with E-state index < -0.39 is 0 Å². The molecule has 0 bridgehead atoms. The highest BCUT2D eigenvalue weighted by molar-refractivity contribution is 7.17. The molecule has 21 heavy (non-hydrogen) atoms. The maximum atomic E-state index is 5.48. The van der Waals surface area contributed by atoms with E-state index in [-0.39, 0.29) is 0 Å². The van der Waals surface area contributed by atoms with E-state index in [1.807, 2.05) is 0 Å². The second-order valence-electron chi connectivity index (χ2n) is 7.71. The first kappa shape index (κ1) is 14.1. The maximum absolute atomic E-state index is 5.48. The number of aryl methyl sites for hydroxylation is 1. The van der Waals surface area contributed by atoms with Crippen LogP contribution in [0.2, 0.25) is 0 Å². The van der Waals surface area contributed by atoms with Crippen molar-refractivity contribution in [2.75, 3.05) is 7.11 Å². The Hall–Kier alpha value is -0.550. The Bertz CT molecular complexity index is 554. The summed E-state index contributed by atoms with van der Waals surface area (Å²) in [6.45, 7) is 2.57. The van der Waals surface area contributed by atoms with Gasteiger partial charge in [-0.05, 0) is 90.6 Å². The zero-order valence-corrected chi connectivity index (χ0v) is 14.4. The third-order valence-corrected chi connectivity index (χ3v) is 8.10. The molecule has 1 nitrogen and oxygen atoms in total. The lowest BCUT2D eigenvalue weighted by Crippen LogP contribution is -2.42. The van der Waals surface area contributed by atoms with Crippen LogP contribution in [0.1, 0.15) is 56.1 Å². The molecule has 0 radical (unpaired) electrons. The highest BCUT2D eigenvalue weighted by atomic mass is 31.0. The molecule has 0 heterocycles. The van der Waals surface area contributed by atoms with Gasteiger partial charge in [-0.1, -0.05) is 13.0 Å². The Kier molecular flexibility index (Phi) is 3.34. The standard InChI is InChI=1S/C19H27OP/c1-19-10-9-14-15(17(19)7-8-18(19)21)6-4-12-3-5-13(20-2)11-16(12)14/h3,5,11,14-15,17-18H,4,6-10,21H2,1-2H3. The summed E-state index contributed by atoms with van der Waals surface area (Å²) >= 11 is 0. The zero-order valence-electron chi connectivity index (χ0n) is 13.3. The van der Waals surface area contributed by atoms with Crippen molar-refractivity contribution < 1.29 is 4.74 Å². The van der Waals surface area contributed by atoms with E-state index in [0.717, 1.165) is 29.2 Å². The molecule has 2 fully saturated rings. The SMILES string of the molecule is COc1ccc2c(c1)C1CCC3(C)C(P)CCC3C1CC2. The largest absolute Gasteiger partial charge is 0.497 e. The fourth-order valence-corrected chi connectivity index (χ4v) is 6.32. The lowest BCUT2D eigenvalue weighted by atomic mass is 9.56. The van der Waals surface area contributed by atoms with Crippen molar-refractivity contribution in [2.45, 2.75) is 57.0 Å². The number of hydrogen-bond donors (Lipinski definition) is 0. The summed E-state index contributed by atoms with van der Waals surface area (Å²) in [5.41, 5.74) is 4.62. The molecule has 3 aliphatic rings. The van der Waals surface area contributed by atoms with Gasteiger partial charge in [0.15, 0.2) is 0 Å². The molecule has 0 aromatic heterocycles. The van der Waals surface area contributed by atoms with Crippen molar-refractivity contribution >= 4 is 9.24 Å². The first-order valence-corrected chi connectivity index (χ1v) is 9.22. The van der Waals surface area contributed by atoms with E-state index in [1.165, 1.54) is 38.5 Å². The molecular formula is C19H27OP. The number of benzene rings is 1. The third-order valence-electron chi connectivity index (χ3n) is 7.01. The molecule has 1 aromatic rings. The average molecular weight is 302 g/mol. The van der Waals surface area contributed by atoms with Gasteiger partial charge in [-0.15, -0.1) is 9.24 Å². The van der Waals surface area contributed by atoms with Gasteiger partial charge in [0.05, 0.1) is 7.11 Å². The molecule has 2 saturated carbocycles. The molecule has 3 aliphatic carbocycles. The van der Waals surface area contributed by atoms with E-state index >= 15 is 0 Å². The van der Waals surface area contributed by atoms with Crippen LogP contribution in [0.4, 0.5) is 0 Å². The third kappa shape index (κ3) is 2.00. The lowest BCUT2D eigenvalue weighted by molar-refractivity contribution is 0.0628. The minimum absolute atomic E-state index is 0.586. The Morgan fingerprint density at radius 2 is 2.05 bits per heavy atom. The second-order valence-corrected chi connectivity index (χ2v) is 8.51. The van der Waals surface area contributed by atoms with Gasteiger partial charge < -0.3 is 4.74 Å². The van der Waals surface area contributed by atoms with Crippen molar-refractivity contribution in [3.8, 4) is 5.75 Å². The predicted octanol–water partition coefficient (Wildman–Crippen LogP) is 4.80. The first-order chi connectivity index (χ1) is 10.1. The molecule has 4 rings (SSSR count). The number of ether oxygens (including phenoxy) is 1. The second kappa shape index (κ2) is 4.98. The van der Waals surface area contributed by atoms with E-state index in [4.69, 9.17) is 4.74 Å². The van der Waals surface area contributed by atoms with Crippen LogP contribution in [0.3, 0.4) is 0 Å². The number of fused-ring (bicyclic) bond motifs is 5. The zero-order chi connectivity index (χ0) is 14.6. The summed E-state index contributed by atoms with van der Waals surface area (Å²) in [5, 5.41) is 0. The van der Waals surface area contributed by atoms with E-state index in [2.05, 4.69) is 34.4 Å². The van der Waals surface area contributed by atoms with Gasteiger partial charge in [-0.3, -0.25) is 0 Å². The molecular weight excluding hydrogens is 275 g/mol. The summed E-state index contributed by atoms with van der Waals surface area (Å²) in [4.78, 5) is 0. The maximum Gasteiger partial charge on any atom is 0.119 e. The minimum atomic E-state index is 0.586. The van der Waals surface area contributed by atoms with Gasteiger partial charge >= 0.3 is 0 Å². The molecule has 2 heteroatoms. The minimum Gasteiger partial charge on any atom is -0.497 e. The van der Waals surface area contributed by atoms with Crippen LogP contribution in [0.15, 0.2) is 18.2 Å². The molecule has 0 N–H and O–H groups in total. The van der Waals surface area contributed by atoms with E-state index in [1.54, 1.807) is 18.2 Å². The summed E-state index contributed by atoms with van der Waals surface area (Å²) in [6.07, 6.45) is 8.33. The van der Waals surface area contributed by atoms with Crippen molar-refractivity contribution in [1.82, 2.24) is 0 Å². The van der Waals surface area contributed by atoms with Crippen molar-refractivity contribution in [3.63, 3.8) is 0 Å². The topological polar surface area (TPSA) is 9.23 Å². The molecule has 114 valence electrons. The highest BCUT2D eigenvalue weighted by Gasteiger charge is 2.53. The molecule has 0 amide bonds. The van der Waals surface area contributed by atoms with Crippen LogP contribution in [-0.2, 0) is 6.42 Å². The van der Waals surface area contributed by atoms with Crippen LogP contribution in [0.25, 0.3) is 0 Å². The summed E-state index contributed by atoms with van der Waals surface area (Å²) in [7, 11) is 4.95. The molecule has 6 unspecified atom stereocenters. The Morgan fingerprint density at radius 1 is 1.19 bits per heavy atom. The number of rotatable bonds is 1. The monoisotopic (exact) mass is 302 g/mol. The average Bonchev–Trinajstić information content (AvgIpc) is 2.82. The Morgan fingerprint density at radius 3 is 2.86 bits per heavy atom. The quantitative estimate of drug-likeness (QED) is 0.677. The fraction of sp³-hybridized carbons (Fsp3) is 0.684. The van der Waals surface area contributed by atoms with Crippen LogP contribution < -0.4 is 4.74 Å². The van der Waals surface area contributed by atoms with Gasteiger partial charge in [0.2, 0.25) is 0 Å². The van der Waals surface area contributed by atoms with Gasteiger partial charge in [0.25, 0.3) is 0 Å².